The standard InChI is InChI=1S/C15H28NO7/c1-14(2)5-8(6-15(3,4)16(14)21)22-13-12(20)11(19)10(18)9(7-17)23-13/h8-13,17-20H,5-7H2,1-4H3/t9-,10+,11+,12-,13?/m1/s1. The van der Waals surface area contributed by atoms with Crippen molar-refractivity contribution >= 4 is 0 Å². The molecule has 2 aliphatic heterocycles. The van der Waals surface area contributed by atoms with Gasteiger partial charge in [-0.1, -0.05) is 0 Å². The molecule has 2 saturated heterocycles. The van der Waals surface area contributed by atoms with Crippen LogP contribution in [-0.2, 0) is 14.7 Å². The Kier molecular flexibility index (Phi) is 5.40. The molecule has 8 nitrogen and oxygen atoms in total. The Labute approximate surface area is 136 Å². The molecule has 0 bridgehead atoms. The van der Waals surface area contributed by atoms with E-state index in [0.29, 0.717) is 12.8 Å². The minimum Gasteiger partial charge on any atom is -0.394 e. The first-order valence-corrected chi connectivity index (χ1v) is 7.93. The van der Waals surface area contributed by atoms with Crippen LogP contribution >= 0.6 is 0 Å². The molecule has 2 fully saturated rings. The van der Waals surface area contributed by atoms with E-state index < -0.39 is 48.4 Å². The molecule has 0 aromatic heterocycles. The number of aliphatic hydroxyl groups is 4. The summed E-state index contributed by atoms with van der Waals surface area (Å²) in [6.45, 7) is 6.80. The van der Waals surface area contributed by atoms with Crippen molar-refractivity contribution in [2.75, 3.05) is 6.61 Å². The van der Waals surface area contributed by atoms with Gasteiger partial charge in [-0.25, -0.2) is 0 Å². The van der Waals surface area contributed by atoms with Crippen LogP contribution in [-0.4, -0.2) is 80.0 Å². The first-order chi connectivity index (χ1) is 10.5. The number of hydrogen-bond acceptors (Lipinski definition) is 7. The summed E-state index contributed by atoms with van der Waals surface area (Å²) in [4.78, 5) is 0. The van der Waals surface area contributed by atoms with Gasteiger partial charge in [-0.2, -0.15) is 0 Å². The first-order valence-electron chi connectivity index (χ1n) is 7.93. The van der Waals surface area contributed by atoms with Gasteiger partial charge >= 0.3 is 0 Å². The molecule has 0 aromatic rings. The van der Waals surface area contributed by atoms with E-state index in [9.17, 15) is 25.6 Å². The lowest BCUT2D eigenvalue weighted by molar-refractivity contribution is -0.340. The maximum absolute atomic E-state index is 12.3. The highest BCUT2D eigenvalue weighted by atomic mass is 16.7. The second-order valence-electron chi connectivity index (χ2n) is 7.78. The van der Waals surface area contributed by atoms with Gasteiger partial charge in [-0.3, -0.25) is 0 Å². The van der Waals surface area contributed by atoms with Gasteiger partial charge in [0.25, 0.3) is 0 Å². The average Bonchev–Trinajstić information content (AvgIpc) is 2.44. The SMILES string of the molecule is CC1(C)CC(OC2O[C@H](CO)[C@H](O)[C@H](O)[C@H]2O)CC(C)(C)N1[O]. The van der Waals surface area contributed by atoms with Crippen molar-refractivity contribution < 1.29 is 35.1 Å². The summed E-state index contributed by atoms with van der Waals surface area (Å²) in [5.74, 6) is 0. The van der Waals surface area contributed by atoms with E-state index >= 15 is 0 Å². The summed E-state index contributed by atoms with van der Waals surface area (Å²) in [6, 6.07) is 0. The quantitative estimate of drug-likeness (QED) is 0.531. The van der Waals surface area contributed by atoms with Crippen molar-refractivity contribution in [3.63, 3.8) is 0 Å². The summed E-state index contributed by atoms with van der Waals surface area (Å²) in [7, 11) is 0. The summed E-state index contributed by atoms with van der Waals surface area (Å²) in [5, 5.41) is 52.3. The number of piperidine rings is 1. The number of nitrogens with zero attached hydrogens (tertiary/aromatic N) is 1. The van der Waals surface area contributed by atoms with Crippen LogP contribution in [0.2, 0.25) is 0 Å². The van der Waals surface area contributed by atoms with Gasteiger partial charge in [0.2, 0.25) is 0 Å². The molecule has 1 radical (unpaired) electrons. The minimum atomic E-state index is -1.47. The Morgan fingerprint density at radius 3 is 2.04 bits per heavy atom. The maximum atomic E-state index is 12.3. The van der Waals surface area contributed by atoms with Gasteiger partial charge in [-0.05, 0) is 40.5 Å². The Hall–Kier alpha value is -0.320. The van der Waals surface area contributed by atoms with Crippen molar-refractivity contribution in [3.05, 3.63) is 0 Å². The molecule has 1 unspecified atom stereocenters. The van der Waals surface area contributed by atoms with Gasteiger partial charge in [-0.15, -0.1) is 10.3 Å². The van der Waals surface area contributed by atoms with E-state index in [0.717, 1.165) is 5.06 Å². The molecule has 0 aliphatic carbocycles. The zero-order chi connectivity index (χ0) is 17.6. The highest BCUT2D eigenvalue weighted by Crippen LogP contribution is 2.39. The Morgan fingerprint density at radius 1 is 1.04 bits per heavy atom. The van der Waals surface area contributed by atoms with E-state index in [1.54, 1.807) is 0 Å². The highest BCUT2D eigenvalue weighted by Gasteiger charge is 2.50. The van der Waals surface area contributed by atoms with Crippen LogP contribution in [0.3, 0.4) is 0 Å². The lowest BCUT2D eigenvalue weighted by atomic mass is 9.80. The summed E-state index contributed by atoms with van der Waals surface area (Å²) in [6.07, 6.45) is -5.95. The number of aliphatic hydroxyl groups excluding tert-OH is 4. The fraction of sp³-hybridized carbons (Fsp3) is 1.00. The Balaban J connectivity index is 2.09. The van der Waals surface area contributed by atoms with E-state index in [1.807, 2.05) is 27.7 Å². The molecule has 23 heavy (non-hydrogen) atoms. The van der Waals surface area contributed by atoms with Gasteiger partial charge in [0.1, 0.15) is 24.4 Å². The van der Waals surface area contributed by atoms with Crippen molar-refractivity contribution in [2.24, 2.45) is 0 Å². The Bertz CT molecular complexity index is 397. The monoisotopic (exact) mass is 334 g/mol. The highest BCUT2D eigenvalue weighted by molar-refractivity contribution is 4.97. The third-order valence-electron chi connectivity index (χ3n) is 4.73. The topological polar surface area (TPSA) is 123 Å². The van der Waals surface area contributed by atoms with Gasteiger partial charge in [0, 0.05) is 11.1 Å². The zero-order valence-corrected chi connectivity index (χ0v) is 14.0. The molecule has 0 aromatic carbocycles. The van der Waals surface area contributed by atoms with Crippen molar-refractivity contribution in [2.45, 2.75) is 88.4 Å². The van der Waals surface area contributed by atoms with Crippen LogP contribution in [0.25, 0.3) is 0 Å². The molecular formula is C15H28NO7. The van der Waals surface area contributed by atoms with Crippen LogP contribution in [0.1, 0.15) is 40.5 Å². The molecule has 0 saturated carbocycles. The average molecular weight is 334 g/mol. The third kappa shape index (κ3) is 3.69. The lowest BCUT2D eigenvalue weighted by Crippen LogP contribution is -2.63. The number of hydrogen-bond donors (Lipinski definition) is 4. The molecule has 5 atom stereocenters. The van der Waals surface area contributed by atoms with Crippen molar-refractivity contribution in [1.82, 2.24) is 5.06 Å². The largest absolute Gasteiger partial charge is 0.394 e. The molecule has 4 N–H and O–H groups in total. The van der Waals surface area contributed by atoms with Crippen LogP contribution in [0.5, 0.6) is 0 Å². The molecule has 2 aliphatic rings. The van der Waals surface area contributed by atoms with Crippen LogP contribution in [0.15, 0.2) is 0 Å². The number of ether oxygens (including phenoxy) is 2. The summed E-state index contributed by atoms with van der Waals surface area (Å²) in [5.41, 5.74) is -1.28. The van der Waals surface area contributed by atoms with Crippen LogP contribution in [0, 0.1) is 0 Å². The van der Waals surface area contributed by atoms with Gasteiger partial charge in [0.15, 0.2) is 6.29 Å². The van der Waals surface area contributed by atoms with E-state index in [1.165, 1.54) is 0 Å². The summed E-state index contributed by atoms with van der Waals surface area (Å²) < 4.78 is 11.2. The smallest absolute Gasteiger partial charge is 0.186 e. The zero-order valence-electron chi connectivity index (χ0n) is 14.0. The van der Waals surface area contributed by atoms with Gasteiger partial charge < -0.3 is 29.9 Å². The predicted octanol–water partition coefficient (Wildman–Crippen LogP) is -0.830. The number of rotatable bonds is 3. The molecule has 8 heteroatoms. The van der Waals surface area contributed by atoms with Gasteiger partial charge in [0.05, 0.1) is 12.7 Å². The fourth-order valence-corrected chi connectivity index (χ4v) is 3.64. The fourth-order valence-electron chi connectivity index (χ4n) is 3.64. The molecule has 135 valence electrons. The summed E-state index contributed by atoms with van der Waals surface area (Å²) >= 11 is 0. The molecular weight excluding hydrogens is 306 g/mol. The van der Waals surface area contributed by atoms with Crippen LogP contribution in [0.4, 0.5) is 0 Å². The van der Waals surface area contributed by atoms with Crippen molar-refractivity contribution in [3.8, 4) is 0 Å². The van der Waals surface area contributed by atoms with Crippen LogP contribution < -0.4 is 0 Å². The number of hydroxylamine groups is 2. The van der Waals surface area contributed by atoms with E-state index in [2.05, 4.69) is 0 Å². The molecule has 2 heterocycles. The van der Waals surface area contributed by atoms with E-state index in [-0.39, 0.29) is 6.10 Å². The Morgan fingerprint density at radius 2 is 1.57 bits per heavy atom. The predicted molar refractivity (Wildman–Crippen MR) is 78.6 cm³/mol. The van der Waals surface area contributed by atoms with E-state index in [4.69, 9.17) is 9.47 Å². The molecule has 2 rings (SSSR count). The lowest BCUT2D eigenvalue weighted by Gasteiger charge is -2.51. The third-order valence-corrected chi connectivity index (χ3v) is 4.73. The van der Waals surface area contributed by atoms with Crippen molar-refractivity contribution in [1.29, 1.82) is 0 Å². The normalized spacial score (nSPS) is 41.9. The maximum Gasteiger partial charge on any atom is 0.186 e. The second kappa shape index (κ2) is 6.53. The first kappa shape index (κ1) is 19.0. The molecule has 0 spiro atoms. The molecule has 0 amide bonds. The minimum absolute atomic E-state index is 0.355. The second-order valence-corrected chi connectivity index (χ2v) is 7.78.